The van der Waals surface area contributed by atoms with Crippen LogP contribution in [0.25, 0.3) is 0 Å². The Labute approximate surface area is 143 Å². The van der Waals surface area contributed by atoms with E-state index in [1.807, 2.05) is 0 Å². The lowest BCUT2D eigenvalue weighted by atomic mass is 10.2. The van der Waals surface area contributed by atoms with Crippen molar-refractivity contribution in [2.75, 3.05) is 11.1 Å². The predicted molar refractivity (Wildman–Crippen MR) is 84.0 cm³/mol. The van der Waals surface area contributed by atoms with Crippen LogP contribution in [0.4, 0.5) is 14.5 Å². The number of rotatable bonds is 5. The number of aryl methyl sites for hydroxylation is 2. The highest BCUT2D eigenvalue weighted by Gasteiger charge is 2.43. The molecular weight excluding hydrogens is 358 g/mol. The van der Waals surface area contributed by atoms with Crippen molar-refractivity contribution in [3.8, 4) is 11.5 Å². The van der Waals surface area contributed by atoms with Crippen LogP contribution in [0.5, 0.6) is 11.5 Å². The summed E-state index contributed by atoms with van der Waals surface area (Å²) in [4.78, 5) is 12.0. The van der Waals surface area contributed by atoms with Gasteiger partial charge in [0.25, 0.3) is 0 Å². The van der Waals surface area contributed by atoms with E-state index in [0.29, 0.717) is 17.0 Å². The fraction of sp³-hybridized carbons (Fsp3) is 0.333. The molecule has 0 bridgehead atoms. The van der Waals surface area contributed by atoms with E-state index in [4.69, 9.17) is 4.52 Å². The third kappa shape index (κ3) is 3.95. The number of alkyl halides is 2. The fourth-order valence-corrected chi connectivity index (χ4v) is 3.49. The first-order valence-electron chi connectivity index (χ1n) is 7.20. The topological polar surface area (TPSA) is 90.7 Å². The normalized spacial score (nSPS) is 15.8. The first kappa shape index (κ1) is 17.3. The molecule has 10 heteroatoms. The average molecular weight is 372 g/mol. The molecule has 0 saturated carbocycles. The van der Waals surface area contributed by atoms with Gasteiger partial charge in [0, 0.05) is 28.1 Å². The lowest BCUT2D eigenvalue weighted by Crippen LogP contribution is -2.25. The zero-order valence-electron chi connectivity index (χ0n) is 13.3. The highest BCUT2D eigenvalue weighted by molar-refractivity contribution is 7.85. The number of carbonyl (C=O) groups is 1. The Hall–Kier alpha value is -2.49. The number of hydrogen-bond acceptors (Lipinski definition) is 6. The summed E-state index contributed by atoms with van der Waals surface area (Å²) in [5.74, 6) is -0.375. The molecule has 0 fully saturated rings. The van der Waals surface area contributed by atoms with Crippen LogP contribution < -0.4 is 14.8 Å². The molecule has 1 aliphatic rings. The molecule has 1 N–H and O–H groups in total. The van der Waals surface area contributed by atoms with Crippen molar-refractivity contribution in [2.45, 2.75) is 25.9 Å². The number of anilines is 1. The molecule has 7 nitrogen and oxygen atoms in total. The van der Waals surface area contributed by atoms with E-state index in [9.17, 15) is 17.8 Å². The number of carbonyl (C=O) groups excluding carboxylic acids is 1. The molecule has 2 heterocycles. The maximum Gasteiger partial charge on any atom is 0.586 e. The van der Waals surface area contributed by atoms with Crippen LogP contribution in [0.1, 0.15) is 17.0 Å². The van der Waals surface area contributed by atoms with Crippen LogP contribution in [-0.4, -0.2) is 27.3 Å². The minimum absolute atomic E-state index is 0.120. The monoisotopic (exact) mass is 372 g/mol. The number of nitrogens with zero attached hydrogens (tertiary/aromatic N) is 1. The Morgan fingerprint density at radius 2 is 2.00 bits per heavy atom. The van der Waals surface area contributed by atoms with Gasteiger partial charge in [-0.15, -0.1) is 8.78 Å². The Morgan fingerprint density at radius 1 is 1.28 bits per heavy atom. The Balaban J connectivity index is 1.59. The average Bonchev–Trinajstić information content (AvgIpc) is 2.98. The third-order valence-electron chi connectivity index (χ3n) is 3.46. The molecule has 3 rings (SSSR count). The SMILES string of the molecule is Cc1noc(C)c1C[S@@](=O)CC(=O)Nc1ccc2c(c1)OC(F)(F)O2. The van der Waals surface area contributed by atoms with Crippen LogP contribution in [0, 0.1) is 13.8 Å². The number of halogens is 2. The summed E-state index contributed by atoms with van der Waals surface area (Å²) in [6.45, 7) is 3.43. The smallest absolute Gasteiger partial charge is 0.395 e. The lowest BCUT2D eigenvalue weighted by molar-refractivity contribution is -0.286. The van der Waals surface area contributed by atoms with Gasteiger partial charge in [0.2, 0.25) is 5.91 Å². The molecule has 1 aromatic heterocycles. The van der Waals surface area contributed by atoms with Crippen LogP contribution in [-0.2, 0) is 21.3 Å². The van der Waals surface area contributed by atoms with Gasteiger partial charge in [0.05, 0.1) is 11.4 Å². The van der Waals surface area contributed by atoms with Crippen LogP contribution in [0.3, 0.4) is 0 Å². The molecule has 0 aliphatic carbocycles. The van der Waals surface area contributed by atoms with Crippen LogP contribution in [0.2, 0.25) is 0 Å². The van der Waals surface area contributed by atoms with Gasteiger partial charge in [-0.1, -0.05) is 5.16 Å². The highest BCUT2D eigenvalue weighted by atomic mass is 32.2. The van der Waals surface area contributed by atoms with Crippen molar-refractivity contribution in [3.05, 3.63) is 35.2 Å². The molecule has 1 aliphatic heterocycles. The first-order valence-corrected chi connectivity index (χ1v) is 8.69. The fourth-order valence-electron chi connectivity index (χ4n) is 2.29. The Morgan fingerprint density at radius 3 is 2.68 bits per heavy atom. The van der Waals surface area contributed by atoms with Crippen LogP contribution >= 0.6 is 0 Å². The van der Waals surface area contributed by atoms with Gasteiger partial charge >= 0.3 is 6.29 Å². The van der Waals surface area contributed by atoms with Gasteiger partial charge < -0.3 is 19.3 Å². The number of ether oxygens (including phenoxy) is 2. The van der Waals surface area contributed by atoms with E-state index in [1.54, 1.807) is 13.8 Å². The molecule has 0 saturated heterocycles. The van der Waals surface area contributed by atoms with Gasteiger partial charge in [-0.3, -0.25) is 9.00 Å². The first-order chi connectivity index (χ1) is 11.7. The molecular formula is C15H14F2N2O5S. The van der Waals surface area contributed by atoms with Crippen molar-refractivity contribution >= 4 is 22.4 Å². The molecule has 25 heavy (non-hydrogen) atoms. The number of aromatic nitrogens is 1. The van der Waals surface area contributed by atoms with Gasteiger partial charge in [-0.25, -0.2) is 0 Å². The summed E-state index contributed by atoms with van der Waals surface area (Å²) >= 11 is 0. The van der Waals surface area contributed by atoms with E-state index in [2.05, 4.69) is 19.9 Å². The number of amides is 1. The van der Waals surface area contributed by atoms with Crippen molar-refractivity contribution < 1.29 is 31.8 Å². The molecule has 0 spiro atoms. The maximum absolute atomic E-state index is 13.0. The van der Waals surface area contributed by atoms with E-state index in [-0.39, 0.29) is 28.7 Å². The largest absolute Gasteiger partial charge is 0.586 e. The van der Waals surface area contributed by atoms with Gasteiger partial charge in [0.15, 0.2) is 11.5 Å². The minimum Gasteiger partial charge on any atom is -0.395 e. The summed E-state index contributed by atoms with van der Waals surface area (Å²) in [6, 6.07) is 3.86. The van der Waals surface area contributed by atoms with E-state index >= 15 is 0 Å². The predicted octanol–water partition coefficient (Wildman–Crippen LogP) is 2.50. The van der Waals surface area contributed by atoms with Gasteiger partial charge in [-0.05, 0) is 26.0 Å². The second kappa shape index (κ2) is 6.43. The van der Waals surface area contributed by atoms with Crippen molar-refractivity contribution in [2.24, 2.45) is 0 Å². The standard InChI is InChI=1S/C15H14F2N2O5S/c1-8-11(9(2)24-19-8)6-25(21)7-14(20)18-10-3-4-12-13(5-10)23-15(16,17)22-12/h3-5H,6-7H2,1-2H3,(H,18,20)/t25-/m1/s1. The molecule has 1 amide bonds. The molecule has 1 atom stereocenters. The number of fused-ring (bicyclic) bond motifs is 1. The number of nitrogens with one attached hydrogen (secondary N) is 1. The van der Waals surface area contributed by atoms with Crippen molar-refractivity contribution in [3.63, 3.8) is 0 Å². The highest BCUT2D eigenvalue weighted by Crippen LogP contribution is 2.42. The second-order valence-electron chi connectivity index (χ2n) is 5.41. The molecule has 1 aromatic carbocycles. The zero-order valence-corrected chi connectivity index (χ0v) is 14.1. The minimum atomic E-state index is -3.72. The summed E-state index contributed by atoms with van der Waals surface area (Å²) in [5.41, 5.74) is 1.57. The van der Waals surface area contributed by atoms with E-state index < -0.39 is 23.0 Å². The second-order valence-corrected chi connectivity index (χ2v) is 6.87. The van der Waals surface area contributed by atoms with E-state index in [0.717, 1.165) is 0 Å². The lowest BCUT2D eigenvalue weighted by Gasteiger charge is -2.06. The molecule has 0 radical (unpaired) electrons. The van der Waals surface area contributed by atoms with Crippen molar-refractivity contribution in [1.29, 1.82) is 0 Å². The molecule has 134 valence electrons. The maximum atomic E-state index is 13.0. The summed E-state index contributed by atoms with van der Waals surface area (Å²) in [5, 5.41) is 6.25. The summed E-state index contributed by atoms with van der Waals surface area (Å²) in [6.07, 6.45) is -3.72. The third-order valence-corrected chi connectivity index (χ3v) is 4.66. The summed E-state index contributed by atoms with van der Waals surface area (Å²) < 4.78 is 51.6. The Bertz CT molecular complexity index is 833. The molecule has 0 unspecified atom stereocenters. The zero-order chi connectivity index (χ0) is 18.2. The van der Waals surface area contributed by atoms with Crippen molar-refractivity contribution in [1.82, 2.24) is 5.16 Å². The van der Waals surface area contributed by atoms with Gasteiger partial charge in [0.1, 0.15) is 11.5 Å². The van der Waals surface area contributed by atoms with Gasteiger partial charge in [-0.2, -0.15) is 0 Å². The Kier molecular flexibility index (Phi) is 4.46. The quantitative estimate of drug-likeness (QED) is 0.867. The molecule has 2 aromatic rings. The number of benzene rings is 1. The number of hydrogen-bond donors (Lipinski definition) is 1. The van der Waals surface area contributed by atoms with E-state index in [1.165, 1.54) is 18.2 Å². The van der Waals surface area contributed by atoms with Crippen LogP contribution in [0.15, 0.2) is 22.7 Å². The summed E-state index contributed by atoms with van der Waals surface area (Å²) in [7, 11) is -1.47.